The molecule has 0 aliphatic carbocycles. The molecule has 0 amide bonds. The lowest BCUT2D eigenvalue weighted by Gasteiger charge is -2.10. The van der Waals surface area contributed by atoms with E-state index in [0.29, 0.717) is 10.6 Å². The van der Waals surface area contributed by atoms with E-state index in [-0.39, 0.29) is 11.6 Å². The lowest BCUT2D eigenvalue weighted by molar-refractivity contribution is -0.129. The zero-order valence-electron chi connectivity index (χ0n) is 18.0. The first-order valence-electron chi connectivity index (χ1n) is 10.4. The number of para-hydroxylation sites is 1. The molecule has 0 saturated heterocycles. The Hall–Kier alpha value is -3.41. The van der Waals surface area contributed by atoms with Gasteiger partial charge in [0.2, 0.25) is 5.90 Å². The molecule has 1 aromatic heterocycles. The average molecular weight is 471 g/mol. The topological polar surface area (TPSA) is 51.6 Å². The van der Waals surface area contributed by atoms with Crippen molar-refractivity contribution in [3.63, 3.8) is 0 Å². The summed E-state index contributed by atoms with van der Waals surface area (Å²) in [4.78, 5) is 23.1. The van der Waals surface area contributed by atoms with Crippen LogP contribution in [-0.4, -0.2) is 16.9 Å². The molecule has 1 aliphatic heterocycles. The molecule has 4 nitrogen and oxygen atoms in total. The first-order valence-corrected chi connectivity index (χ1v) is 11.6. The second-order valence-electron chi connectivity index (χ2n) is 7.76. The minimum absolute atomic E-state index is 0.203. The zero-order valence-corrected chi connectivity index (χ0v) is 19.6. The van der Waals surface area contributed by atoms with Gasteiger partial charge in [-0.2, -0.15) is 0 Å². The van der Waals surface area contributed by atoms with Gasteiger partial charge in [-0.3, -0.25) is 0 Å². The van der Waals surface area contributed by atoms with Gasteiger partial charge in [-0.25, -0.2) is 14.8 Å². The van der Waals surface area contributed by atoms with Gasteiger partial charge in [0.25, 0.3) is 0 Å². The summed E-state index contributed by atoms with van der Waals surface area (Å²) in [5.74, 6) is -0.310. The van der Waals surface area contributed by atoms with Gasteiger partial charge >= 0.3 is 5.97 Å². The van der Waals surface area contributed by atoms with Crippen LogP contribution in [0.4, 0.5) is 0 Å². The van der Waals surface area contributed by atoms with Crippen molar-refractivity contribution in [2.75, 3.05) is 0 Å². The van der Waals surface area contributed by atoms with Crippen LogP contribution in [0.2, 0.25) is 5.02 Å². The van der Waals surface area contributed by atoms with Crippen LogP contribution in [0.1, 0.15) is 22.3 Å². The number of cyclic esters (lactones) is 1. The fourth-order valence-corrected chi connectivity index (χ4v) is 4.64. The van der Waals surface area contributed by atoms with Crippen molar-refractivity contribution in [3.05, 3.63) is 106 Å². The molecular formula is C27H19ClN2O2S. The van der Waals surface area contributed by atoms with Crippen LogP contribution in [-0.2, 0) is 9.53 Å². The lowest BCUT2D eigenvalue weighted by atomic mass is 10.1. The number of ether oxygens (including phenoxy) is 1. The first-order chi connectivity index (χ1) is 16.0. The molecule has 0 N–H and O–H groups in total. The summed E-state index contributed by atoms with van der Waals surface area (Å²) in [6.45, 7) is 4.10. The third-order valence-electron chi connectivity index (χ3n) is 5.29. The number of rotatable bonds is 4. The highest BCUT2D eigenvalue weighted by Gasteiger charge is 2.26. The van der Waals surface area contributed by atoms with Gasteiger partial charge in [-0.05, 0) is 55.8 Å². The Kier molecular flexibility index (Phi) is 5.75. The summed E-state index contributed by atoms with van der Waals surface area (Å²) in [6, 6.07) is 23.5. The van der Waals surface area contributed by atoms with E-state index in [1.165, 1.54) is 5.56 Å². The number of benzene rings is 3. The van der Waals surface area contributed by atoms with Crippen molar-refractivity contribution in [2.45, 2.75) is 23.8 Å². The Bertz CT molecular complexity index is 1460. The summed E-state index contributed by atoms with van der Waals surface area (Å²) in [5, 5.41) is 2.27. The Balaban J connectivity index is 1.61. The molecule has 1 aliphatic rings. The molecule has 6 heteroatoms. The number of aromatic nitrogens is 1. The molecular weight excluding hydrogens is 452 g/mol. The van der Waals surface area contributed by atoms with Gasteiger partial charge in [-0.1, -0.05) is 71.4 Å². The van der Waals surface area contributed by atoms with Crippen molar-refractivity contribution in [1.29, 1.82) is 0 Å². The average Bonchev–Trinajstić information content (AvgIpc) is 3.16. The maximum Gasteiger partial charge on any atom is 0.363 e. The molecule has 0 unspecified atom stereocenters. The Morgan fingerprint density at radius 3 is 2.55 bits per heavy atom. The van der Waals surface area contributed by atoms with Crippen molar-refractivity contribution in [3.8, 4) is 0 Å². The monoisotopic (exact) mass is 470 g/mol. The van der Waals surface area contributed by atoms with E-state index in [9.17, 15) is 4.79 Å². The number of fused-ring (bicyclic) bond motifs is 1. The van der Waals surface area contributed by atoms with Crippen LogP contribution in [0.25, 0.3) is 17.0 Å². The third kappa shape index (κ3) is 4.42. The maximum absolute atomic E-state index is 12.6. The zero-order chi connectivity index (χ0) is 22.9. The predicted molar refractivity (Wildman–Crippen MR) is 134 cm³/mol. The van der Waals surface area contributed by atoms with Crippen molar-refractivity contribution < 1.29 is 9.53 Å². The third-order valence-corrected chi connectivity index (χ3v) is 6.65. The number of halogens is 1. The van der Waals surface area contributed by atoms with Crippen LogP contribution in [0.15, 0.2) is 93.4 Å². The highest BCUT2D eigenvalue weighted by molar-refractivity contribution is 7.99. The number of carbonyl (C=O) groups excluding carboxylic acids is 1. The van der Waals surface area contributed by atoms with E-state index in [4.69, 9.17) is 21.3 Å². The van der Waals surface area contributed by atoms with Gasteiger partial charge < -0.3 is 4.74 Å². The summed E-state index contributed by atoms with van der Waals surface area (Å²) in [7, 11) is 0. The molecule has 5 rings (SSSR count). The molecule has 0 saturated carbocycles. The number of pyridine rings is 1. The Morgan fingerprint density at radius 2 is 1.76 bits per heavy atom. The van der Waals surface area contributed by atoms with E-state index in [1.807, 2.05) is 43.3 Å². The predicted octanol–water partition coefficient (Wildman–Crippen LogP) is 7.00. The Labute approximate surface area is 201 Å². The highest BCUT2D eigenvalue weighted by Crippen LogP contribution is 2.34. The van der Waals surface area contributed by atoms with Gasteiger partial charge in [0, 0.05) is 15.8 Å². The maximum atomic E-state index is 12.6. The van der Waals surface area contributed by atoms with Crippen LogP contribution < -0.4 is 0 Å². The second kappa shape index (κ2) is 8.85. The summed E-state index contributed by atoms with van der Waals surface area (Å²) < 4.78 is 5.42. The van der Waals surface area contributed by atoms with Crippen molar-refractivity contribution in [2.24, 2.45) is 4.99 Å². The number of esters is 1. The summed E-state index contributed by atoms with van der Waals surface area (Å²) in [6.07, 6.45) is 1.73. The Morgan fingerprint density at radius 1 is 0.970 bits per heavy atom. The molecule has 0 atom stereocenters. The molecule has 2 heterocycles. The van der Waals surface area contributed by atoms with E-state index < -0.39 is 5.97 Å². The standard InChI is InChI=1S/C27H19ClN2O2S/c1-16-10-12-20(13-11-16)33-26-19(14-18-7-5-6-17(2)24(18)30-26)15-23-27(31)32-25(29-23)21-8-3-4-9-22(21)28/h3-15H,1-2H3. The number of aliphatic imine (C=N–C) groups is 1. The van der Waals surface area contributed by atoms with E-state index >= 15 is 0 Å². The van der Waals surface area contributed by atoms with E-state index in [0.717, 1.165) is 32.0 Å². The summed E-state index contributed by atoms with van der Waals surface area (Å²) >= 11 is 7.82. The molecule has 162 valence electrons. The smallest absolute Gasteiger partial charge is 0.363 e. The van der Waals surface area contributed by atoms with Gasteiger partial charge in [0.05, 0.1) is 16.1 Å². The first kappa shape index (κ1) is 21.4. The molecule has 4 aromatic rings. The number of aryl methyl sites for hydroxylation is 2. The minimum Gasteiger partial charge on any atom is -0.402 e. The second-order valence-corrected chi connectivity index (χ2v) is 9.23. The molecule has 0 fully saturated rings. The van der Waals surface area contributed by atoms with E-state index in [1.54, 1.807) is 30.0 Å². The number of hydrogen-bond acceptors (Lipinski definition) is 5. The number of carbonyl (C=O) groups is 1. The molecule has 3 aromatic carbocycles. The molecule has 0 radical (unpaired) electrons. The molecule has 0 bridgehead atoms. The fraction of sp³-hybridized carbons (Fsp3) is 0.0741. The van der Waals surface area contributed by atoms with Crippen LogP contribution in [0, 0.1) is 13.8 Å². The van der Waals surface area contributed by atoms with E-state index in [2.05, 4.69) is 36.2 Å². The number of hydrogen-bond donors (Lipinski definition) is 0. The quantitative estimate of drug-likeness (QED) is 0.238. The normalized spacial score (nSPS) is 14.6. The molecule has 33 heavy (non-hydrogen) atoms. The minimum atomic E-state index is -0.513. The van der Waals surface area contributed by atoms with Gasteiger partial charge in [0.1, 0.15) is 5.03 Å². The SMILES string of the molecule is Cc1ccc(Sc2nc3c(C)cccc3cc2C=C2N=C(c3ccccc3Cl)OC2=O)cc1. The lowest BCUT2D eigenvalue weighted by Crippen LogP contribution is -2.05. The summed E-state index contributed by atoms with van der Waals surface area (Å²) in [5.41, 5.74) is 4.82. The van der Waals surface area contributed by atoms with Crippen LogP contribution in [0.3, 0.4) is 0 Å². The fourth-order valence-electron chi connectivity index (χ4n) is 3.56. The molecule has 0 spiro atoms. The van der Waals surface area contributed by atoms with Crippen LogP contribution >= 0.6 is 23.4 Å². The van der Waals surface area contributed by atoms with Gasteiger partial charge in [0.15, 0.2) is 5.70 Å². The van der Waals surface area contributed by atoms with Crippen molar-refractivity contribution >= 4 is 52.2 Å². The van der Waals surface area contributed by atoms with Gasteiger partial charge in [-0.15, -0.1) is 0 Å². The van der Waals surface area contributed by atoms with Crippen molar-refractivity contribution in [1.82, 2.24) is 4.98 Å². The number of nitrogens with zero attached hydrogens (tertiary/aromatic N) is 2. The van der Waals surface area contributed by atoms with Crippen LogP contribution in [0.5, 0.6) is 0 Å². The highest BCUT2D eigenvalue weighted by atomic mass is 35.5. The largest absolute Gasteiger partial charge is 0.402 e.